The molecule has 6 aliphatic rings. The van der Waals surface area contributed by atoms with Crippen molar-refractivity contribution >= 4 is 199 Å². The molecule has 0 aliphatic carbocycles. The van der Waals surface area contributed by atoms with Gasteiger partial charge < -0.3 is 140 Å². The number of aromatic nitrogens is 3. The Hall–Kier alpha value is -13.9. The van der Waals surface area contributed by atoms with Gasteiger partial charge in [-0.15, -0.1) is 0 Å². The van der Waals surface area contributed by atoms with Gasteiger partial charge in [0.05, 0.1) is 45.6 Å². The predicted molar refractivity (Wildman–Crippen MR) is 545 cm³/mol. The fourth-order valence-electron chi connectivity index (χ4n) is 18.2. The molecule has 54 heteroatoms. The second kappa shape index (κ2) is 55.9. The minimum Gasteiger partial charge on any atom is -0.481 e. The quantitative estimate of drug-likeness (QED) is 0.0175. The van der Waals surface area contributed by atoms with Crippen LogP contribution in [0.1, 0.15) is 127 Å². The molecular weight excluding hydrogens is 2020 g/mol. The molecule has 0 radical (unpaired) electrons. The Kier molecular flexibility index (Phi) is 43.3. The number of aliphatic carboxylic acids is 2. The summed E-state index contributed by atoms with van der Waals surface area (Å²) in [5.41, 5.74) is 13.7. The summed E-state index contributed by atoms with van der Waals surface area (Å²) < 4.78 is 0. The first-order chi connectivity index (χ1) is 71.3. The van der Waals surface area contributed by atoms with Gasteiger partial charge in [0.1, 0.15) is 90.6 Å². The smallest absolute Gasteiger partial charge is 0.327 e. The van der Waals surface area contributed by atoms with Crippen LogP contribution in [0.15, 0.2) is 85.3 Å². The number of carbonyl (C=O) groups is 21. The minimum atomic E-state index is -2.11. The summed E-state index contributed by atoms with van der Waals surface area (Å²) in [6.45, 7) is -0.310. The van der Waals surface area contributed by atoms with E-state index in [4.69, 9.17) is 16.9 Å². The number of aliphatic hydroxyl groups excluding tert-OH is 2. The Morgan fingerprint density at radius 3 is 1.45 bits per heavy atom. The van der Waals surface area contributed by atoms with Crippen LogP contribution in [0.25, 0.3) is 21.8 Å². The Labute approximate surface area is 873 Å². The summed E-state index contributed by atoms with van der Waals surface area (Å²) in [6.07, 6.45) is 0.363. The molecule has 9 heterocycles. The van der Waals surface area contributed by atoms with E-state index in [9.17, 15) is 87.5 Å². The number of unbranched alkanes of at least 4 members (excludes halogenated alkanes) is 1. The third-order valence-corrected chi connectivity index (χ3v) is 29.8. The van der Waals surface area contributed by atoms with E-state index in [1.54, 1.807) is 73.1 Å². The summed E-state index contributed by atoms with van der Waals surface area (Å²) in [7, 11) is 0. The van der Waals surface area contributed by atoms with Gasteiger partial charge in [-0.25, -0.2) is 4.79 Å². The van der Waals surface area contributed by atoms with Crippen molar-refractivity contribution in [2.45, 2.75) is 226 Å². The van der Waals surface area contributed by atoms with Gasteiger partial charge in [0, 0.05) is 152 Å². The number of carboxylic acid groups (broad SMARTS) is 2. The van der Waals surface area contributed by atoms with Crippen LogP contribution in [0.3, 0.4) is 0 Å². The fourth-order valence-corrected chi connectivity index (χ4v) is 21.6. The topological polar surface area (TPSA) is 736 Å². The molecule has 6 fully saturated rings. The number of pyridine rings is 1. The number of nitrogens with two attached hydrogens (primary N) is 2. The van der Waals surface area contributed by atoms with Crippen LogP contribution in [0.4, 0.5) is 0 Å². The molecule has 11 rings (SSSR count). The summed E-state index contributed by atoms with van der Waals surface area (Å²) in [4.78, 5) is 324. The number of carbonyl (C=O) groups excluding carboxylic acids is 19. The van der Waals surface area contributed by atoms with Gasteiger partial charge in [-0.1, -0.05) is 42.5 Å². The number of hydrogen-bond donors (Lipinski definition) is 22. The molecule has 4 bridgehead atoms. The number of H-pyrrole nitrogens is 2. The number of nitrogens with one attached hydrogen (secondary N) is 16. The first-order valence-corrected chi connectivity index (χ1v) is 53.8. The number of hydrogen-bond acceptors (Lipinski definition) is 29. The maximum atomic E-state index is 15.4. The molecular formula is C95H129N25O25S4. The molecule has 6 aliphatic heterocycles. The number of rotatable bonds is 22. The highest BCUT2D eigenvalue weighted by Crippen LogP contribution is 2.30. The molecule has 808 valence electrons. The number of guanidine groups is 1. The molecule has 50 nitrogen and oxygen atoms in total. The predicted octanol–water partition coefficient (Wildman–Crippen LogP) is -5.13. The fraction of sp³-hybridized carbons (Fsp3) is 0.547. The minimum absolute atomic E-state index is 0.0129. The molecule has 6 saturated heterocycles. The van der Waals surface area contributed by atoms with Crippen molar-refractivity contribution in [3.8, 4) is 0 Å². The second-order valence-corrected chi connectivity index (χ2v) is 41.4. The lowest BCUT2D eigenvalue weighted by molar-refractivity contribution is -0.158. The van der Waals surface area contributed by atoms with Crippen molar-refractivity contribution in [1.29, 1.82) is 5.41 Å². The van der Waals surface area contributed by atoms with Crippen molar-refractivity contribution in [2.24, 2.45) is 11.5 Å². The SMILES string of the molecule is CSCC[C@@H]1NC(=O)[C@@H]2CSCCC(=O)N3CN(CN(C3)C(=O)CCSC[C@@H](NC(C)=O)C(=O)N3CCC[C@H]3C(=O)N[C@@H](Cc3ccccn3)C(=O)N[C@H](CC(=O)O)C(=O)N2)C(=O)CCSC[C@@H](C(=O)O)NC(=O)[C@H](Cc2c[nH]c3ccccc23)NC(=O)[C@@H]2CCCN2C(=O)[C@@H]2CCCN2C(=O)[C@H]([C@@H](C)O)NC(=O)[C@H](CO)NC(=O)[C@H](Cc2c[nH]c3ccccc23)NC(=O)[C@H](CC(N)=O)NC(=O)[C@H](CCCCNC(=N)N)NC1=O. The summed E-state index contributed by atoms with van der Waals surface area (Å²) >= 11 is 4.03. The van der Waals surface area contributed by atoms with Gasteiger partial charge >= 0.3 is 11.9 Å². The third kappa shape index (κ3) is 32.8. The number of benzene rings is 2. The average Bonchev–Trinajstić information content (AvgIpc) is 1.73. The van der Waals surface area contributed by atoms with Gasteiger partial charge in [0.2, 0.25) is 112 Å². The lowest BCUT2D eigenvalue weighted by Gasteiger charge is -2.42. The standard InChI is InChI=1S/C95H129N25O25S4/c1-51(122)79-93(143)120-32-14-23-73(120)92(142)119-31-13-22-72(119)90(140)109-63(38-54-43-102-59-19-7-5-17-57(54)59)83(133)113-70(94(144)145)47-149-36-27-77(127)117-49-115-48-116(50-117)76(126)26-35-148-46-69(103-52(2)123)91(141)118-30-12-21-71(118)89(139)110-64(39-55-15-8-10-28-99-55)84(134)108-66(41-78(128)129)86(136)112-68(45-147-34-25-75(115)125)88(138)105-61(24-33-146-3)81(131)104-60(20-9-11-29-100-95(97)98)80(130)107-65(40-74(96)124)85(135)106-62(82(132)111-67(44-121)87(137)114-79)37-53-42-101-58-18-6-4-16-56(53)58/h4-8,10,15-19,28,42-43,51,60-73,79,101-102,121-122H,9,11-14,20-27,29-41,44-50H2,1-3H3,(H2,96,124)(H,103,123)(H,104,131)(H,105,138)(H,106,135)(H,107,130)(H,108,134)(H,109,140)(H,110,139)(H,111,132)(H,112,136)(H,113,133)(H,114,137)(H,128,129)(H,144,145)(H4,97,98,100)/t51-,60+,61+,62+,63+,64+,65+,66-,67+,68+,69-,70+,71+,72+,73+,79+/m1/s1. The maximum absolute atomic E-state index is 15.4. The Morgan fingerprint density at radius 1 is 0.497 bits per heavy atom. The highest BCUT2D eigenvalue weighted by atomic mass is 32.2. The van der Waals surface area contributed by atoms with E-state index in [-0.39, 0.29) is 150 Å². The average molecular weight is 2150 g/mol. The zero-order valence-corrected chi connectivity index (χ0v) is 85.7. The summed E-state index contributed by atoms with van der Waals surface area (Å²) in [5.74, 6) is -23.7. The molecule has 3 aromatic heterocycles. The third-order valence-electron chi connectivity index (χ3n) is 26.0. The first-order valence-electron chi connectivity index (χ1n) is 49.0. The molecule has 0 unspecified atom stereocenters. The van der Waals surface area contributed by atoms with Crippen LogP contribution in [-0.2, 0) is 120 Å². The van der Waals surface area contributed by atoms with E-state index < -0.39 is 291 Å². The number of carboxylic acids is 2. The van der Waals surface area contributed by atoms with E-state index in [0.29, 0.717) is 32.9 Å². The molecule has 5 aromatic rings. The number of aromatic amines is 2. The van der Waals surface area contributed by atoms with Crippen molar-refractivity contribution in [3.05, 3.63) is 102 Å². The molecule has 24 N–H and O–H groups in total. The monoisotopic (exact) mass is 2150 g/mol. The zero-order valence-electron chi connectivity index (χ0n) is 82.4. The van der Waals surface area contributed by atoms with Crippen LogP contribution >= 0.6 is 47.0 Å². The van der Waals surface area contributed by atoms with Crippen LogP contribution in [0, 0.1) is 5.41 Å². The Balaban J connectivity index is 0.953. The van der Waals surface area contributed by atoms with Crippen LogP contribution < -0.4 is 80.6 Å². The molecule has 0 saturated carbocycles. The van der Waals surface area contributed by atoms with Gasteiger partial charge in [-0.05, 0) is 119 Å². The normalized spacial score (nSPS) is 25.8. The van der Waals surface area contributed by atoms with Crippen molar-refractivity contribution in [1.82, 2.24) is 113 Å². The van der Waals surface area contributed by atoms with Gasteiger partial charge in [0.15, 0.2) is 5.96 Å². The van der Waals surface area contributed by atoms with Gasteiger partial charge in [-0.3, -0.25) is 106 Å². The van der Waals surface area contributed by atoms with Crippen LogP contribution in [0.5, 0.6) is 0 Å². The van der Waals surface area contributed by atoms with Crippen LogP contribution in [0.2, 0.25) is 0 Å². The number of thioether (sulfide) groups is 4. The highest BCUT2D eigenvalue weighted by Gasteiger charge is 2.48. The maximum Gasteiger partial charge on any atom is 0.327 e. The van der Waals surface area contributed by atoms with Crippen molar-refractivity contribution in [3.63, 3.8) is 0 Å². The lowest BCUT2D eigenvalue weighted by atomic mass is 10.0. The lowest BCUT2D eigenvalue weighted by Crippen LogP contribution is -2.62. The number of fused-ring (bicyclic) bond motifs is 12. The van der Waals surface area contributed by atoms with Gasteiger partial charge in [0.25, 0.3) is 0 Å². The van der Waals surface area contributed by atoms with Crippen molar-refractivity contribution in [2.75, 3.05) is 99.3 Å². The number of aliphatic hydroxyl groups is 2. The second-order valence-electron chi connectivity index (χ2n) is 36.9. The van der Waals surface area contributed by atoms with E-state index in [1.807, 2.05) is 0 Å². The summed E-state index contributed by atoms with van der Waals surface area (Å²) in [5, 5.41) is 85.7. The van der Waals surface area contributed by atoms with Crippen LogP contribution in [-0.4, -0.2) is 391 Å². The number of para-hydroxylation sites is 2. The molecule has 0 spiro atoms. The Bertz CT molecular complexity index is 5730. The van der Waals surface area contributed by atoms with E-state index in [1.165, 1.54) is 54.7 Å². The molecule has 16 atom stereocenters. The molecule has 19 amide bonds. The molecule has 2 aromatic carbocycles. The number of amides is 19. The number of primary amides is 1. The number of nitrogens with zero attached hydrogens (tertiary/aromatic N) is 7. The zero-order chi connectivity index (χ0) is 108. The largest absolute Gasteiger partial charge is 0.481 e. The first kappa shape index (κ1) is 115. The van der Waals surface area contributed by atoms with E-state index in [0.717, 1.165) is 54.0 Å². The molecule has 149 heavy (non-hydrogen) atoms. The summed E-state index contributed by atoms with van der Waals surface area (Å²) in [6, 6.07) is -6.96. The highest BCUT2D eigenvalue weighted by molar-refractivity contribution is 7.99. The van der Waals surface area contributed by atoms with Crippen molar-refractivity contribution < 1.29 is 121 Å². The van der Waals surface area contributed by atoms with E-state index >= 15 is 33.6 Å². The van der Waals surface area contributed by atoms with Gasteiger partial charge in [-0.2, -0.15) is 47.0 Å². The Morgan fingerprint density at radius 2 is 0.940 bits per heavy atom. The van der Waals surface area contributed by atoms with E-state index in [2.05, 4.69) is 84.1 Å².